The average Bonchev–Trinajstić information content (AvgIpc) is 3.14. The number of hydrogen-bond donors (Lipinski definition) is 1. The summed E-state index contributed by atoms with van der Waals surface area (Å²) in [4.78, 5) is 12.4. The van der Waals surface area contributed by atoms with E-state index in [4.69, 9.17) is 4.74 Å². The zero-order chi connectivity index (χ0) is 17.5. The molecule has 1 aromatic heterocycles. The lowest BCUT2D eigenvalue weighted by Gasteiger charge is -2.17. The number of hydrogen-bond acceptors (Lipinski definition) is 4. The Kier molecular flexibility index (Phi) is 5.41. The minimum atomic E-state index is -0.546. The molecule has 0 aliphatic heterocycles. The summed E-state index contributed by atoms with van der Waals surface area (Å²) in [6.45, 7) is 2.20. The first-order chi connectivity index (χ1) is 12.3. The van der Waals surface area contributed by atoms with Gasteiger partial charge in [-0.05, 0) is 30.7 Å². The van der Waals surface area contributed by atoms with Gasteiger partial charge in [0.2, 0.25) is 0 Å². The predicted octanol–water partition coefficient (Wildman–Crippen LogP) is 2.74. The second-order valence-corrected chi connectivity index (χ2v) is 5.50. The molecule has 3 rings (SSSR count). The van der Waals surface area contributed by atoms with Crippen LogP contribution in [-0.2, 0) is 11.3 Å². The quantitative estimate of drug-likeness (QED) is 0.720. The lowest BCUT2D eigenvalue weighted by atomic mass is 10.2. The summed E-state index contributed by atoms with van der Waals surface area (Å²) >= 11 is 0. The van der Waals surface area contributed by atoms with Crippen molar-refractivity contribution in [2.75, 3.05) is 0 Å². The third kappa shape index (κ3) is 4.23. The van der Waals surface area contributed by atoms with Crippen LogP contribution in [-0.4, -0.2) is 26.8 Å². The molecule has 6 heteroatoms. The lowest BCUT2D eigenvalue weighted by Crippen LogP contribution is -2.38. The number of para-hydroxylation sites is 2. The normalized spacial score (nSPS) is 11.7. The van der Waals surface area contributed by atoms with Crippen molar-refractivity contribution < 1.29 is 9.53 Å². The maximum atomic E-state index is 12.4. The van der Waals surface area contributed by atoms with E-state index in [2.05, 4.69) is 15.5 Å². The highest BCUT2D eigenvalue weighted by atomic mass is 16.5. The van der Waals surface area contributed by atoms with E-state index in [0.29, 0.717) is 18.0 Å². The van der Waals surface area contributed by atoms with E-state index in [1.165, 1.54) is 0 Å². The van der Waals surface area contributed by atoms with Gasteiger partial charge in [-0.15, -0.1) is 10.2 Å². The minimum Gasteiger partial charge on any atom is -0.481 e. The number of amides is 1. The summed E-state index contributed by atoms with van der Waals surface area (Å²) in [5.41, 5.74) is 0.948. The summed E-state index contributed by atoms with van der Waals surface area (Å²) in [5.74, 6) is 1.17. The maximum Gasteiger partial charge on any atom is 0.261 e. The summed E-state index contributed by atoms with van der Waals surface area (Å²) in [6, 6.07) is 19.1. The van der Waals surface area contributed by atoms with Gasteiger partial charge in [0, 0.05) is 5.69 Å². The van der Waals surface area contributed by atoms with Crippen LogP contribution < -0.4 is 10.1 Å². The second-order valence-electron chi connectivity index (χ2n) is 5.50. The van der Waals surface area contributed by atoms with Crippen molar-refractivity contribution in [2.45, 2.75) is 26.0 Å². The van der Waals surface area contributed by atoms with E-state index in [-0.39, 0.29) is 12.5 Å². The van der Waals surface area contributed by atoms with Gasteiger partial charge in [0.15, 0.2) is 11.9 Å². The largest absolute Gasteiger partial charge is 0.481 e. The number of nitrogens with one attached hydrogen (secondary N) is 1. The summed E-state index contributed by atoms with van der Waals surface area (Å²) < 4.78 is 7.60. The number of nitrogens with zero attached hydrogens (tertiary/aromatic N) is 3. The fourth-order valence-corrected chi connectivity index (χ4v) is 2.45. The highest BCUT2D eigenvalue weighted by molar-refractivity contribution is 5.81. The van der Waals surface area contributed by atoms with E-state index in [1.807, 2.05) is 72.2 Å². The fourth-order valence-electron chi connectivity index (χ4n) is 2.45. The van der Waals surface area contributed by atoms with E-state index in [9.17, 15) is 4.79 Å². The molecule has 0 aliphatic rings. The first-order valence-electron chi connectivity index (χ1n) is 8.21. The van der Waals surface area contributed by atoms with Gasteiger partial charge in [-0.2, -0.15) is 0 Å². The van der Waals surface area contributed by atoms with Gasteiger partial charge in [0.1, 0.15) is 12.1 Å². The molecule has 0 radical (unpaired) electrons. The van der Waals surface area contributed by atoms with Gasteiger partial charge >= 0.3 is 0 Å². The third-order valence-electron chi connectivity index (χ3n) is 3.76. The lowest BCUT2D eigenvalue weighted by molar-refractivity contribution is -0.128. The molecule has 6 nitrogen and oxygen atoms in total. The van der Waals surface area contributed by atoms with E-state index in [0.717, 1.165) is 5.69 Å². The number of aromatic nitrogens is 3. The first-order valence-corrected chi connectivity index (χ1v) is 8.21. The van der Waals surface area contributed by atoms with Crippen molar-refractivity contribution in [3.63, 3.8) is 0 Å². The Morgan fingerprint density at radius 3 is 2.48 bits per heavy atom. The predicted molar refractivity (Wildman–Crippen MR) is 94.4 cm³/mol. The van der Waals surface area contributed by atoms with Gasteiger partial charge in [-0.25, -0.2) is 0 Å². The van der Waals surface area contributed by atoms with Gasteiger partial charge in [0.05, 0.1) is 6.54 Å². The molecular weight excluding hydrogens is 316 g/mol. The molecule has 0 fully saturated rings. The molecule has 25 heavy (non-hydrogen) atoms. The van der Waals surface area contributed by atoms with Crippen molar-refractivity contribution in [3.8, 4) is 11.4 Å². The van der Waals surface area contributed by atoms with Crippen molar-refractivity contribution in [1.29, 1.82) is 0 Å². The molecule has 1 N–H and O–H groups in total. The molecule has 1 atom stereocenters. The molecule has 1 amide bonds. The third-order valence-corrected chi connectivity index (χ3v) is 3.76. The maximum absolute atomic E-state index is 12.4. The summed E-state index contributed by atoms with van der Waals surface area (Å²) in [6.07, 6.45) is 1.66. The average molecular weight is 336 g/mol. The van der Waals surface area contributed by atoms with Crippen LogP contribution in [0.1, 0.15) is 19.2 Å². The molecule has 0 bridgehead atoms. The molecule has 3 aromatic rings. The standard InChI is InChI=1S/C19H20N4O2/c1-2-17(25-16-11-7-4-8-12-16)19(24)20-13-18-22-21-14-23(18)15-9-5-3-6-10-15/h3-12,14,17H,2,13H2,1H3,(H,20,24)/t17-/m1/s1. The van der Waals surface area contributed by atoms with Crippen molar-refractivity contribution >= 4 is 5.91 Å². The zero-order valence-corrected chi connectivity index (χ0v) is 14.0. The smallest absolute Gasteiger partial charge is 0.261 e. The van der Waals surface area contributed by atoms with E-state index in [1.54, 1.807) is 6.33 Å². The second kappa shape index (κ2) is 8.10. The Hall–Kier alpha value is -3.15. The highest BCUT2D eigenvalue weighted by Crippen LogP contribution is 2.13. The topological polar surface area (TPSA) is 69.0 Å². The van der Waals surface area contributed by atoms with Gasteiger partial charge < -0.3 is 10.1 Å². The van der Waals surface area contributed by atoms with Crippen LogP contribution in [0, 0.1) is 0 Å². The number of ether oxygens (including phenoxy) is 1. The van der Waals surface area contributed by atoms with Crippen LogP contribution in [0.5, 0.6) is 5.75 Å². The number of benzene rings is 2. The Bertz CT molecular complexity index is 803. The number of rotatable bonds is 7. The Balaban J connectivity index is 1.63. The van der Waals surface area contributed by atoms with Crippen LogP contribution in [0.4, 0.5) is 0 Å². The summed E-state index contributed by atoms with van der Waals surface area (Å²) in [7, 11) is 0. The van der Waals surface area contributed by atoms with Crippen molar-refractivity contribution in [3.05, 3.63) is 72.8 Å². The number of carbonyl (C=O) groups excluding carboxylic acids is 1. The molecule has 0 aliphatic carbocycles. The Labute approximate surface area is 146 Å². The van der Waals surface area contributed by atoms with Crippen LogP contribution in [0.15, 0.2) is 67.0 Å². The van der Waals surface area contributed by atoms with E-state index >= 15 is 0 Å². The zero-order valence-electron chi connectivity index (χ0n) is 14.0. The van der Waals surface area contributed by atoms with Crippen molar-refractivity contribution in [2.24, 2.45) is 0 Å². The molecule has 0 spiro atoms. The van der Waals surface area contributed by atoms with Gasteiger partial charge in [0.25, 0.3) is 5.91 Å². The Morgan fingerprint density at radius 2 is 1.80 bits per heavy atom. The SMILES string of the molecule is CC[C@@H](Oc1ccccc1)C(=O)NCc1nncn1-c1ccccc1. The number of carbonyl (C=O) groups is 1. The molecule has 0 saturated heterocycles. The summed E-state index contributed by atoms with van der Waals surface area (Å²) in [5, 5.41) is 10.9. The van der Waals surface area contributed by atoms with Crippen LogP contribution in [0.2, 0.25) is 0 Å². The van der Waals surface area contributed by atoms with Crippen LogP contribution >= 0.6 is 0 Å². The monoisotopic (exact) mass is 336 g/mol. The van der Waals surface area contributed by atoms with Crippen LogP contribution in [0.25, 0.3) is 5.69 Å². The molecule has 128 valence electrons. The Morgan fingerprint density at radius 1 is 1.12 bits per heavy atom. The van der Waals surface area contributed by atoms with Crippen molar-refractivity contribution in [1.82, 2.24) is 20.1 Å². The molecule has 0 saturated carbocycles. The minimum absolute atomic E-state index is 0.172. The first kappa shape index (κ1) is 16.7. The molecule has 2 aromatic carbocycles. The fraction of sp³-hybridized carbons (Fsp3) is 0.211. The van der Waals surface area contributed by atoms with Gasteiger partial charge in [-0.3, -0.25) is 9.36 Å². The molecule has 0 unspecified atom stereocenters. The molecular formula is C19H20N4O2. The molecule has 1 heterocycles. The van der Waals surface area contributed by atoms with Gasteiger partial charge in [-0.1, -0.05) is 43.3 Å². The van der Waals surface area contributed by atoms with Crippen LogP contribution in [0.3, 0.4) is 0 Å². The van der Waals surface area contributed by atoms with E-state index < -0.39 is 6.10 Å². The highest BCUT2D eigenvalue weighted by Gasteiger charge is 2.19.